The molecule has 0 N–H and O–H groups in total. The summed E-state index contributed by atoms with van der Waals surface area (Å²) in [4.78, 5) is 13.0. The highest BCUT2D eigenvalue weighted by atomic mass is 19.1. The van der Waals surface area contributed by atoms with Crippen molar-refractivity contribution in [3.63, 3.8) is 0 Å². The quantitative estimate of drug-likeness (QED) is 0.313. The molecule has 1 unspecified atom stereocenters. The summed E-state index contributed by atoms with van der Waals surface area (Å²) in [7, 11) is 0. The van der Waals surface area contributed by atoms with Crippen molar-refractivity contribution in [1.29, 1.82) is 0 Å². The Morgan fingerprint density at radius 2 is 1.81 bits per heavy atom. The van der Waals surface area contributed by atoms with Gasteiger partial charge in [-0.05, 0) is 29.8 Å². The summed E-state index contributed by atoms with van der Waals surface area (Å²) in [6.07, 6.45) is 0. The number of benzene rings is 3. The molecule has 4 aromatic rings. The molecule has 0 radical (unpaired) electrons. The number of halogens is 1. The molecule has 0 spiro atoms. The average molecular weight is 413 g/mol. The fraction of sp³-hybridized carbons (Fsp3) is 0.115. The van der Waals surface area contributed by atoms with E-state index in [2.05, 4.69) is 6.58 Å². The van der Waals surface area contributed by atoms with Crippen LogP contribution in [0.5, 0.6) is 5.75 Å². The van der Waals surface area contributed by atoms with E-state index in [0.29, 0.717) is 16.7 Å². The molecule has 154 valence electrons. The van der Waals surface area contributed by atoms with Crippen LogP contribution in [0.3, 0.4) is 0 Å². The molecule has 0 saturated heterocycles. The highest BCUT2D eigenvalue weighted by molar-refractivity contribution is 5.94. The van der Waals surface area contributed by atoms with Crippen LogP contribution in [-0.4, -0.2) is 10.5 Å². The number of aromatic nitrogens is 1. The smallest absolute Gasteiger partial charge is 0.339 e. The van der Waals surface area contributed by atoms with Crippen LogP contribution in [0.1, 0.15) is 12.5 Å². The molecule has 0 bridgehead atoms. The monoisotopic (exact) mass is 413 g/mol. The van der Waals surface area contributed by atoms with Crippen LogP contribution in [0.4, 0.5) is 4.39 Å². The lowest BCUT2D eigenvalue weighted by molar-refractivity contribution is -0.143. The Balaban J connectivity index is 1.60. The van der Waals surface area contributed by atoms with Crippen molar-refractivity contribution < 1.29 is 18.7 Å². The predicted molar refractivity (Wildman–Crippen MR) is 117 cm³/mol. The number of nitrogens with zero attached hydrogens (tertiary/aromatic N) is 1. The van der Waals surface area contributed by atoms with E-state index < -0.39 is 17.5 Å². The average Bonchev–Trinajstić information content (AvgIpc) is 3.20. The van der Waals surface area contributed by atoms with Crippen molar-refractivity contribution in [2.75, 3.05) is 0 Å². The standard InChI is InChI=1S/C26H20FNO3/c1-17(25(29)30-16-18-9-4-3-5-10-18)26(2)28-22(20-12-6-7-14-23(20)31-26)15-19-11-8-13-21(27)24(19)28/h3-15H,1,16H2,2H3. The third-order valence-corrected chi connectivity index (χ3v) is 5.69. The molecule has 0 aliphatic carbocycles. The lowest BCUT2D eigenvalue weighted by atomic mass is 10.0. The van der Waals surface area contributed by atoms with Crippen LogP contribution >= 0.6 is 0 Å². The van der Waals surface area contributed by atoms with E-state index in [1.54, 1.807) is 17.6 Å². The largest absolute Gasteiger partial charge is 0.463 e. The van der Waals surface area contributed by atoms with Gasteiger partial charge < -0.3 is 9.47 Å². The maximum absolute atomic E-state index is 14.9. The molecule has 0 fully saturated rings. The van der Waals surface area contributed by atoms with E-state index in [1.165, 1.54) is 6.07 Å². The molecule has 0 amide bonds. The van der Waals surface area contributed by atoms with Gasteiger partial charge in [0.2, 0.25) is 5.72 Å². The number of hydrogen-bond donors (Lipinski definition) is 0. The van der Waals surface area contributed by atoms with E-state index in [-0.39, 0.29) is 12.2 Å². The molecule has 1 aromatic heterocycles. The zero-order valence-electron chi connectivity index (χ0n) is 17.0. The predicted octanol–water partition coefficient (Wildman–Crippen LogP) is 5.81. The Kier molecular flexibility index (Phi) is 4.40. The zero-order chi connectivity index (χ0) is 21.6. The van der Waals surface area contributed by atoms with Gasteiger partial charge in [-0.25, -0.2) is 9.18 Å². The van der Waals surface area contributed by atoms with Crippen molar-refractivity contribution in [2.45, 2.75) is 19.3 Å². The van der Waals surface area contributed by atoms with Crippen molar-refractivity contribution in [1.82, 2.24) is 4.57 Å². The number of hydrogen-bond acceptors (Lipinski definition) is 3. The second-order valence-electron chi connectivity index (χ2n) is 7.66. The van der Waals surface area contributed by atoms with E-state index in [0.717, 1.165) is 16.8 Å². The van der Waals surface area contributed by atoms with Gasteiger partial charge in [0.25, 0.3) is 0 Å². The Labute approximate surface area is 179 Å². The van der Waals surface area contributed by atoms with Crippen LogP contribution < -0.4 is 4.74 Å². The molecule has 5 heteroatoms. The van der Waals surface area contributed by atoms with Gasteiger partial charge in [-0.15, -0.1) is 0 Å². The minimum absolute atomic E-state index is 0.0833. The number of rotatable bonds is 4. The van der Waals surface area contributed by atoms with Gasteiger partial charge in [-0.1, -0.05) is 61.2 Å². The van der Waals surface area contributed by atoms with Gasteiger partial charge >= 0.3 is 5.97 Å². The molecule has 1 aliphatic rings. The van der Waals surface area contributed by atoms with Gasteiger partial charge in [-0.2, -0.15) is 0 Å². The molecule has 4 nitrogen and oxygen atoms in total. The van der Waals surface area contributed by atoms with Gasteiger partial charge in [-0.3, -0.25) is 4.57 Å². The van der Waals surface area contributed by atoms with E-state index in [9.17, 15) is 9.18 Å². The maximum atomic E-state index is 14.9. The highest BCUT2D eigenvalue weighted by Gasteiger charge is 2.43. The molecule has 3 aromatic carbocycles. The lowest BCUT2D eigenvalue weighted by Crippen LogP contribution is -2.43. The Morgan fingerprint density at radius 3 is 2.61 bits per heavy atom. The number of ether oxygens (including phenoxy) is 2. The number of carbonyl (C=O) groups excluding carboxylic acids is 1. The Bertz CT molecular complexity index is 1330. The first-order valence-corrected chi connectivity index (χ1v) is 9.98. The summed E-state index contributed by atoms with van der Waals surface area (Å²) in [6.45, 7) is 5.83. The van der Waals surface area contributed by atoms with Gasteiger partial charge in [0.1, 0.15) is 18.2 Å². The van der Waals surface area contributed by atoms with Crippen LogP contribution in [0.2, 0.25) is 0 Å². The Morgan fingerprint density at radius 1 is 1.06 bits per heavy atom. The summed E-state index contributed by atoms with van der Waals surface area (Å²) < 4.78 is 28.4. The van der Waals surface area contributed by atoms with Crippen molar-refractivity contribution >= 4 is 16.9 Å². The molecule has 31 heavy (non-hydrogen) atoms. The lowest BCUT2D eigenvalue weighted by Gasteiger charge is -2.39. The normalized spacial score (nSPS) is 16.8. The SMILES string of the molecule is C=C(C(=O)OCc1ccccc1)C1(C)Oc2ccccc2-c2cc3cccc(F)c3n21. The maximum Gasteiger partial charge on any atom is 0.339 e. The molecule has 1 atom stereocenters. The molecular formula is C26H20FNO3. The van der Waals surface area contributed by atoms with Gasteiger partial charge in [0, 0.05) is 17.9 Å². The fourth-order valence-electron chi connectivity index (χ4n) is 4.08. The number of esters is 1. The third kappa shape index (κ3) is 3.01. The van der Waals surface area contributed by atoms with E-state index >= 15 is 0 Å². The van der Waals surface area contributed by atoms with E-state index in [4.69, 9.17) is 9.47 Å². The van der Waals surface area contributed by atoms with Crippen LogP contribution in [0.15, 0.2) is 91.0 Å². The number of fused-ring (bicyclic) bond motifs is 5. The minimum atomic E-state index is -1.36. The molecule has 2 heterocycles. The summed E-state index contributed by atoms with van der Waals surface area (Å²) in [5.74, 6) is -0.406. The van der Waals surface area contributed by atoms with Crippen molar-refractivity contribution in [3.8, 4) is 17.0 Å². The molecular weight excluding hydrogens is 393 g/mol. The summed E-state index contributed by atoms with van der Waals surface area (Å²) >= 11 is 0. The summed E-state index contributed by atoms with van der Waals surface area (Å²) in [5.41, 5.74) is 1.51. The fourth-order valence-corrected chi connectivity index (χ4v) is 4.08. The molecule has 0 saturated carbocycles. The zero-order valence-corrected chi connectivity index (χ0v) is 17.0. The number of para-hydroxylation sites is 2. The van der Waals surface area contributed by atoms with Gasteiger partial charge in [0.15, 0.2) is 0 Å². The number of carbonyl (C=O) groups is 1. The third-order valence-electron chi connectivity index (χ3n) is 5.69. The topological polar surface area (TPSA) is 40.5 Å². The molecule has 1 aliphatic heterocycles. The first kappa shape index (κ1) is 19.1. The van der Waals surface area contributed by atoms with E-state index in [1.807, 2.05) is 66.7 Å². The van der Waals surface area contributed by atoms with Crippen molar-refractivity contribution in [3.05, 3.63) is 102 Å². The van der Waals surface area contributed by atoms with Crippen LogP contribution in [0, 0.1) is 5.82 Å². The van der Waals surface area contributed by atoms with Crippen LogP contribution in [0.25, 0.3) is 22.2 Å². The van der Waals surface area contributed by atoms with Crippen molar-refractivity contribution in [2.24, 2.45) is 0 Å². The first-order valence-electron chi connectivity index (χ1n) is 9.98. The summed E-state index contributed by atoms with van der Waals surface area (Å²) in [6, 6.07) is 23.7. The van der Waals surface area contributed by atoms with Gasteiger partial charge in [0.05, 0.1) is 16.8 Å². The summed E-state index contributed by atoms with van der Waals surface area (Å²) in [5, 5.41) is 0.715. The Hall–Kier alpha value is -3.86. The second kappa shape index (κ2) is 7.13. The minimum Gasteiger partial charge on any atom is -0.463 e. The molecule has 5 rings (SSSR count). The highest BCUT2D eigenvalue weighted by Crippen LogP contribution is 2.47. The first-order chi connectivity index (χ1) is 15.0. The second-order valence-corrected chi connectivity index (χ2v) is 7.66. The van der Waals surface area contributed by atoms with Crippen LogP contribution in [-0.2, 0) is 21.9 Å².